The second kappa shape index (κ2) is 6.60. The summed E-state index contributed by atoms with van der Waals surface area (Å²) in [6.07, 6.45) is 0. The molecule has 0 atom stereocenters. The van der Waals surface area contributed by atoms with E-state index < -0.39 is 0 Å². The van der Waals surface area contributed by atoms with Gasteiger partial charge >= 0.3 is 0 Å². The molecule has 4 heteroatoms. The van der Waals surface area contributed by atoms with E-state index in [1.807, 2.05) is 38.1 Å². The van der Waals surface area contributed by atoms with Crippen molar-refractivity contribution in [2.24, 2.45) is 0 Å². The van der Waals surface area contributed by atoms with Crippen LogP contribution in [0.1, 0.15) is 19.4 Å². The zero-order valence-electron chi connectivity index (χ0n) is 13.0. The molecule has 2 aromatic rings. The molecular formula is C18H21NO3. The van der Waals surface area contributed by atoms with Crippen molar-refractivity contribution in [1.82, 2.24) is 0 Å². The van der Waals surface area contributed by atoms with Crippen LogP contribution in [-0.4, -0.2) is 19.9 Å². The van der Waals surface area contributed by atoms with Crippen LogP contribution in [0.15, 0.2) is 42.5 Å². The van der Waals surface area contributed by atoms with Gasteiger partial charge in [-0.3, -0.25) is 0 Å². The van der Waals surface area contributed by atoms with Crippen molar-refractivity contribution in [2.75, 3.05) is 24.8 Å². The molecule has 22 heavy (non-hydrogen) atoms. The second-order valence-electron chi connectivity index (χ2n) is 5.10. The van der Waals surface area contributed by atoms with Gasteiger partial charge in [-0.05, 0) is 56.3 Å². The third-order valence-electron chi connectivity index (χ3n) is 3.59. The van der Waals surface area contributed by atoms with E-state index >= 15 is 0 Å². The van der Waals surface area contributed by atoms with Crippen LogP contribution in [0.3, 0.4) is 0 Å². The minimum atomic E-state index is 0.551. The van der Waals surface area contributed by atoms with Crippen LogP contribution in [0.25, 0.3) is 0 Å². The molecule has 0 aliphatic carbocycles. The van der Waals surface area contributed by atoms with Crippen LogP contribution in [0, 0.1) is 0 Å². The van der Waals surface area contributed by atoms with Crippen molar-refractivity contribution in [3.8, 4) is 17.2 Å². The molecule has 1 heterocycles. The van der Waals surface area contributed by atoms with Gasteiger partial charge in [-0.25, -0.2) is 0 Å². The first-order valence-corrected chi connectivity index (χ1v) is 7.66. The summed E-state index contributed by atoms with van der Waals surface area (Å²) in [7, 11) is 0. The molecule has 0 radical (unpaired) electrons. The standard InChI is InChI=1S/C18H21NO3/c1-3-20-16-7-5-15(6-8-16)19-12-14-11-17(21-4-2)9-10-18(14)22-13-19/h5-11H,3-4,12-13H2,1-2H3. The van der Waals surface area contributed by atoms with Gasteiger partial charge in [0, 0.05) is 17.8 Å². The van der Waals surface area contributed by atoms with Gasteiger partial charge < -0.3 is 19.1 Å². The van der Waals surface area contributed by atoms with E-state index in [1.165, 1.54) is 0 Å². The lowest BCUT2D eigenvalue weighted by Crippen LogP contribution is -2.31. The van der Waals surface area contributed by atoms with Gasteiger partial charge in [0.15, 0.2) is 6.73 Å². The van der Waals surface area contributed by atoms with Crippen LogP contribution >= 0.6 is 0 Å². The number of ether oxygens (including phenoxy) is 3. The fourth-order valence-corrected chi connectivity index (χ4v) is 2.56. The minimum absolute atomic E-state index is 0.551. The summed E-state index contributed by atoms with van der Waals surface area (Å²) < 4.78 is 16.9. The SMILES string of the molecule is CCOc1ccc(N2COc3ccc(OCC)cc3C2)cc1. The molecule has 1 aliphatic heterocycles. The summed E-state index contributed by atoms with van der Waals surface area (Å²) in [5, 5.41) is 0. The third kappa shape index (κ3) is 3.11. The van der Waals surface area contributed by atoms with Gasteiger partial charge in [0.25, 0.3) is 0 Å². The monoisotopic (exact) mass is 299 g/mol. The Hall–Kier alpha value is -2.36. The Bertz CT molecular complexity index is 625. The first-order chi connectivity index (χ1) is 10.8. The van der Waals surface area contributed by atoms with Crippen LogP contribution in [-0.2, 0) is 6.54 Å². The zero-order chi connectivity index (χ0) is 15.4. The smallest absolute Gasteiger partial charge is 0.161 e. The molecule has 4 nitrogen and oxygen atoms in total. The molecule has 3 rings (SSSR count). The molecule has 0 aromatic heterocycles. The molecule has 0 saturated heterocycles. The molecule has 0 saturated carbocycles. The molecule has 1 aliphatic rings. The van der Waals surface area contributed by atoms with Crippen molar-refractivity contribution >= 4 is 5.69 Å². The van der Waals surface area contributed by atoms with Crippen molar-refractivity contribution in [3.63, 3.8) is 0 Å². The maximum Gasteiger partial charge on any atom is 0.161 e. The number of rotatable bonds is 5. The number of hydrogen-bond donors (Lipinski definition) is 0. The summed E-state index contributed by atoms with van der Waals surface area (Å²) in [6, 6.07) is 14.1. The van der Waals surface area contributed by atoms with Crippen molar-refractivity contribution < 1.29 is 14.2 Å². The lowest BCUT2D eigenvalue weighted by molar-refractivity contribution is 0.286. The first-order valence-electron chi connectivity index (χ1n) is 7.66. The number of benzene rings is 2. The quantitative estimate of drug-likeness (QED) is 0.839. The average Bonchev–Trinajstić information content (AvgIpc) is 2.55. The largest absolute Gasteiger partial charge is 0.494 e. The summed E-state index contributed by atoms with van der Waals surface area (Å²) in [6.45, 7) is 6.68. The fourth-order valence-electron chi connectivity index (χ4n) is 2.56. The normalized spacial score (nSPS) is 13.3. The Morgan fingerprint density at radius 2 is 1.64 bits per heavy atom. The summed E-state index contributed by atoms with van der Waals surface area (Å²) in [5.74, 6) is 2.72. The second-order valence-corrected chi connectivity index (χ2v) is 5.10. The van der Waals surface area contributed by atoms with Crippen LogP contribution < -0.4 is 19.1 Å². The highest BCUT2D eigenvalue weighted by molar-refractivity contribution is 5.52. The molecule has 2 aromatic carbocycles. The Kier molecular flexibility index (Phi) is 4.37. The Morgan fingerprint density at radius 3 is 2.36 bits per heavy atom. The number of nitrogens with zero attached hydrogens (tertiary/aromatic N) is 1. The highest BCUT2D eigenvalue weighted by Gasteiger charge is 2.18. The molecule has 0 amide bonds. The zero-order valence-corrected chi connectivity index (χ0v) is 13.0. The van der Waals surface area contributed by atoms with E-state index in [0.29, 0.717) is 19.9 Å². The third-order valence-corrected chi connectivity index (χ3v) is 3.59. The van der Waals surface area contributed by atoms with Crippen LogP contribution in [0.2, 0.25) is 0 Å². The highest BCUT2D eigenvalue weighted by Crippen LogP contribution is 2.31. The maximum atomic E-state index is 5.84. The molecule has 0 fully saturated rings. The van der Waals surface area contributed by atoms with E-state index in [1.54, 1.807) is 0 Å². The lowest BCUT2D eigenvalue weighted by atomic mass is 10.1. The number of anilines is 1. The summed E-state index contributed by atoms with van der Waals surface area (Å²) >= 11 is 0. The van der Waals surface area contributed by atoms with Crippen LogP contribution in [0.4, 0.5) is 5.69 Å². The van der Waals surface area contributed by atoms with E-state index in [0.717, 1.165) is 35.0 Å². The molecule has 0 bridgehead atoms. The summed E-state index contributed by atoms with van der Waals surface area (Å²) in [4.78, 5) is 2.19. The maximum absolute atomic E-state index is 5.84. The number of fused-ring (bicyclic) bond motifs is 1. The fraction of sp³-hybridized carbons (Fsp3) is 0.333. The van der Waals surface area contributed by atoms with Gasteiger partial charge in [-0.15, -0.1) is 0 Å². The topological polar surface area (TPSA) is 30.9 Å². The molecule has 0 unspecified atom stereocenters. The Balaban J connectivity index is 1.76. The van der Waals surface area contributed by atoms with E-state index in [4.69, 9.17) is 14.2 Å². The van der Waals surface area contributed by atoms with E-state index in [2.05, 4.69) is 23.1 Å². The highest BCUT2D eigenvalue weighted by atomic mass is 16.5. The molecule has 0 spiro atoms. The van der Waals surface area contributed by atoms with Gasteiger partial charge in [-0.1, -0.05) is 0 Å². The van der Waals surface area contributed by atoms with Gasteiger partial charge in [0.2, 0.25) is 0 Å². The van der Waals surface area contributed by atoms with E-state index in [-0.39, 0.29) is 0 Å². The van der Waals surface area contributed by atoms with Crippen molar-refractivity contribution in [1.29, 1.82) is 0 Å². The lowest BCUT2D eigenvalue weighted by Gasteiger charge is -2.31. The predicted molar refractivity (Wildman–Crippen MR) is 86.9 cm³/mol. The van der Waals surface area contributed by atoms with Gasteiger partial charge in [-0.2, -0.15) is 0 Å². The van der Waals surface area contributed by atoms with Crippen molar-refractivity contribution in [2.45, 2.75) is 20.4 Å². The molecule has 0 N–H and O–H groups in total. The number of hydrogen-bond acceptors (Lipinski definition) is 4. The minimum Gasteiger partial charge on any atom is -0.494 e. The van der Waals surface area contributed by atoms with Gasteiger partial charge in [0.1, 0.15) is 17.2 Å². The molecule has 116 valence electrons. The Morgan fingerprint density at radius 1 is 0.955 bits per heavy atom. The summed E-state index contributed by atoms with van der Waals surface area (Å²) in [5.41, 5.74) is 2.27. The Labute approximate surface area is 131 Å². The average molecular weight is 299 g/mol. The molecular weight excluding hydrogens is 278 g/mol. The van der Waals surface area contributed by atoms with Crippen LogP contribution in [0.5, 0.6) is 17.2 Å². The predicted octanol–water partition coefficient (Wildman–Crippen LogP) is 3.84. The van der Waals surface area contributed by atoms with E-state index in [9.17, 15) is 0 Å². The van der Waals surface area contributed by atoms with Gasteiger partial charge in [0.05, 0.1) is 13.2 Å². The first kappa shape index (κ1) is 14.6. The van der Waals surface area contributed by atoms with Crippen molar-refractivity contribution in [3.05, 3.63) is 48.0 Å².